The predicted molar refractivity (Wildman–Crippen MR) is 131 cm³/mol. The predicted octanol–water partition coefficient (Wildman–Crippen LogP) is 4.95. The summed E-state index contributed by atoms with van der Waals surface area (Å²) in [5.41, 5.74) is 2.50. The van der Waals surface area contributed by atoms with Crippen LogP contribution in [-0.4, -0.2) is 35.5 Å². The molecule has 2 saturated carbocycles. The summed E-state index contributed by atoms with van der Waals surface area (Å²) in [4.78, 5) is 31.0. The van der Waals surface area contributed by atoms with E-state index in [0.717, 1.165) is 57.9 Å². The van der Waals surface area contributed by atoms with Crippen molar-refractivity contribution in [2.24, 2.45) is 23.2 Å². The molecule has 0 spiro atoms. The van der Waals surface area contributed by atoms with Gasteiger partial charge in [0.1, 0.15) is 11.9 Å². The first-order valence-corrected chi connectivity index (χ1v) is 14.4. The Morgan fingerprint density at radius 3 is 2.76 bits per heavy atom. The van der Waals surface area contributed by atoms with Crippen molar-refractivity contribution in [1.29, 1.82) is 0 Å². The van der Waals surface area contributed by atoms with Gasteiger partial charge in [0, 0.05) is 11.8 Å². The smallest absolute Gasteiger partial charge is 0.462 e. The first-order chi connectivity index (χ1) is 16.2. The summed E-state index contributed by atoms with van der Waals surface area (Å²) in [6.45, 7) is 5.40. The number of fused-ring (bicyclic) bond motifs is 5. The first kappa shape index (κ1) is 25.7. The number of ether oxygens (including phenoxy) is 1. The van der Waals surface area contributed by atoms with Crippen LogP contribution in [0.2, 0.25) is 0 Å². The number of nitrogens with one attached hydrogen (secondary N) is 1. The van der Waals surface area contributed by atoms with Gasteiger partial charge in [0.05, 0.1) is 0 Å². The molecule has 7 nitrogen and oxygen atoms in total. The minimum atomic E-state index is -4.58. The van der Waals surface area contributed by atoms with Gasteiger partial charge in [0.25, 0.3) is 0 Å². The third kappa shape index (κ3) is 5.23. The molecule has 4 rings (SSSR count). The van der Waals surface area contributed by atoms with E-state index in [0.29, 0.717) is 30.1 Å². The zero-order chi connectivity index (χ0) is 24.5. The lowest BCUT2D eigenvalue weighted by Gasteiger charge is -2.53. The summed E-state index contributed by atoms with van der Waals surface area (Å²) in [7, 11) is -2.68. The maximum atomic E-state index is 12.5. The lowest BCUT2D eigenvalue weighted by atomic mass is 9.52. The van der Waals surface area contributed by atoms with Crippen molar-refractivity contribution < 1.29 is 28.4 Å². The molecule has 0 bridgehead atoms. The van der Waals surface area contributed by atoms with E-state index in [-0.39, 0.29) is 23.2 Å². The van der Waals surface area contributed by atoms with Crippen LogP contribution < -0.4 is 9.84 Å². The minimum absolute atomic E-state index is 0.00300. The summed E-state index contributed by atoms with van der Waals surface area (Å²) in [6, 6.07) is 5.57. The Labute approximate surface area is 203 Å². The third-order valence-corrected chi connectivity index (χ3v) is 9.20. The van der Waals surface area contributed by atoms with Gasteiger partial charge in [-0.3, -0.25) is 14.6 Å². The van der Waals surface area contributed by atoms with Crippen LogP contribution in [0.25, 0.3) is 0 Å². The Hall–Kier alpha value is -1.40. The number of phosphoric ester groups is 1. The number of hydrogen-bond donors (Lipinski definition) is 3. The van der Waals surface area contributed by atoms with Gasteiger partial charge in [0.15, 0.2) is 0 Å². The molecule has 2 fully saturated rings. The van der Waals surface area contributed by atoms with Crippen molar-refractivity contribution in [2.75, 3.05) is 13.6 Å². The Morgan fingerprint density at radius 1 is 1.26 bits per heavy atom. The second-order valence-corrected chi connectivity index (χ2v) is 12.0. The van der Waals surface area contributed by atoms with E-state index in [9.17, 15) is 19.1 Å². The lowest BCUT2D eigenvalue weighted by Crippen LogP contribution is -2.48. The van der Waals surface area contributed by atoms with Gasteiger partial charge in [-0.15, -0.1) is 0 Å². The number of rotatable bonds is 9. The molecule has 190 valence electrons. The monoisotopic (exact) mass is 493 g/mol. The summed E-state index contributed by atoms with van der Waals surface area (Å²) < 4.78 is 22.3. The second kappa shape index (κ2) is 10.3. The average molecular weight is 494 g/mol. The molecule has 34 heavy (non-hydrogen) atoms. The van der Waals surface area contributed by atoms with Crippen molar-refractivity contribution >= 4 is 13.8 Å². The van der Waals surface area contributed by atoms with Crippen LogP contribution in [0.5, 0.6) is 5.75 Å². The topological polar surface area (TPSA) is 105 Å². The van der Waals surface area contributed by atoms with Crippen molar-refractivity contribution in [3.8, 4) is 5.75 Å². The summed E-state index contributed by atoms with van der Waals surface area (Å²) in [6.07, 6.45) is 8.55. The molecule has 0 amide bonds. The van der Waals surface area contributed by atoms with Crippen molar-refractivity contribution in [1.82, 2.24) is 5.32 Å². The number of hydrogen-bond acceptors (Lipinski definition) is 5. The molecule has 1 aromatic rings. The maximum Gasteiger partial charge on any atom is 0.524 e. The highest BCUT2D eigenvalue weighted by Crippen LogP contribution is 2.63. The minimum Gasteiger partial charge on any atom is -0.462 e. The number of carbonyl (C=O) groups is 1. The van der Waals surface area contributed by atoms with E-state index in [1.165, 1.54) is 11.1 Å². The summed E-state index contributed by atoms with van der Waals surface area (Å²) in [5.74, 6) is 2.20. The third-order valence-electron chi connectivity index (χ3n) is 8.75. The molecule has 3 aliphatic rings. The zero-order valence-corrected chi connectivity index (χ0v) is 21.6. The fraction of sp³-hybridized carbons (Fsp3) is 0.731. The van der Waals surface area contributed by atoms with E-state index in [1.807, 2.05) is 19.2 Å². The van der Waals surface area contributed by atoms with Crippen LogP contribution in [0.3, 0.4) is 0 Å². The van der Waals surface area contributed by atoms with E-state index < -0.39 is 7.82 Å². The van der Waals surface area contributed by atoms with Crippen molar-refractivity contribution in [3.63, 3.8) is 0 Å². The van der Waals surface area contributed by atoms with Gasteiger partial charge in [-0.1, -0.05) is 32.8 Å². The molecule has 6 atom stereocenters. The maximum absolute atomic E-state index is 12.5. The second-order valence-electron chi connectivity index (χ2n) is 10.8. The summed E-state index contributed by atoms with van der Waals surface area (Å²) in [5, 5.41) is 3.09. The van der Waals surface area contributed by atoms with Crippen molar-refractivity contribution in [3.05, 3.63) is 29.3 Å². The number of carbonyl (C=O) groups excluding carboxylic acids is 1. The van der Waals surface area contributed by atoms with Crippen molar-refractivity contribution in [2.45, 2.75) is 83.7 Å². The number of benzene rings is 1. The van der Waals surface area contributed by atoms with Crippen LogP contribution in [0.1, 0.15) is 82.3 Å². The Bertz CT molecular complexity index is 932. The standard InChI is InChI=1S/C26H40NO6P/c1-4-6-17-15-18-16-19(33-34(29,30)31)8-9-20(18)21-12-13-26(2)22(25(17)21)10-11-23(26)32-24(28)7-5-14-27-3/h8-9,16-17,21-23,25,27H,4-7,10-15H2,1-3H3,(H2,29,30,31)/t17-,21-,22+,23+,25-,26+/m1/s1. The van der Waals surface area contributed by atoms with Gasteiger partial charge in [-0.25, -0.2) is 4.57 Å². The zero-order valence-electron chi connectivity index (χ0n) is 20.7. The fourth-order valence-electron chi connectivity index (χ4n) is 7.39. The van der Waals surface area contributed by atoms with Gasteiger partial charge in [0.2, 0.25) is 0 Å². The van der Waals surface area contributed by atoms with Gasteiger partial charge < -0.3 is 14.6 Å². The van der Waals surface area contributed by atoms with Crippen LogP contribution in [0.4, 0.5) is 0 Å². The average Bonchev–Trinajstić information content (AvgIpc) is 3.08. The Balaban J connectivity index is 1.56. The largest absolute Gasteiger partial charge is 0.524 e. The molecule has 3 aliphatic carbocycles. The van der Waals surface area contributed by atoms with Crippen LogP contribution in [0, 0.1) is 23.2 Å². The van der Waals surface area contributed by atoms with E-state index >= 15 is 0 Å². The molecule has 0 saturated heterocycles. The van der Waals surface area contributed by atoms with Gasteiger partial charge in [-0.2, -0.15) is 0 Å². The number of esters is 1. The fourth-order valence-corrected chi connectivity index (χ4v) is 7.77. The Morgan fingerprint density at radius 2 is 2.06 bits per heavy atom. The van der Waals surface area contributed by atoms with Crippen LogP contribution in [0.15, 0.2) is 18.2 Å². The molecule has 1 aromatic carbocycles. The molecule has 0 aliphatic heterocycles. The Kier molecular flexibility index (Phi) is 7.78. The number of phosphoric acid groups is 1. The van der Waals surface area contributed by atoms with E-state index in [4.69, 9.17) is 9.26 Å². The van der Waals surface area contributed by atoms with E-state index in [1.54, 1.807) is 6.07 Å². The molecule has 0 radical (unpaired) electrons. The molecule has 0 unspecified atom stereocenters. The van der Waals surface area contributed by atoms with Gasteiger partial charge in [-0.05, 0) is 99.0 Å². The van der Waals surface area contributed by atoms with Crippen LogP contribution >= 0.6 is 7.82 Å². The normalized spacial score (nSPS) is 32.4. The molecule has 3 N–H and O–H groups in total. The van der Waals surface area contributed by atoms with Crippen LogP contribution in [-0.2, 0) is 20.5 Å². The highest BCUT2D eigenvalue weighted by molar-refractivity contribution is 7.46. The highest BCUT2D eigenvalue weighted by atomic mass is 31.2. The molecular formula is C26H40NO6P. The van der Waals surface area contributed by atoms with E-state index in [2.05, 4.69) is 19.2 Å². The molecular weight excluding hydrogens is 453 g/mol. The molecule has 8 heteroatoms. The highest BCUT2D eigenvalue weighted by Gasteiger charge is 2.58. The molecule has 0 heterocycles. The lowest BCUT2D eigenvalue weighted by molar-refractivity contribution is -0.158. The van der Waals surface area contributed by atoms with Gasteiger partial charge >= 0.3 is 13.8 Å². The quantitative estimate of drug-likeness (QED) is 0.254. The SMILES string of the molecule is CCC[C@@H]1Cc2cc(OP(=O)(O)O)ccc2[C@H]2CC[C@]3(C)[C@@H](OC(=O)CCCNC)CC[C@H]3[C@H]12. The summed E-state index contributed by atoms with van der Waals surface area (Å²) >= 11 is 0. The first-order valence-electron chi connectivity index (χ1n) is 12.9. The molecule has 0 aromatic heterocycles.